The van der Waals surface area contributed by atoms with Gasteiger partial charge >= 0.3 is 17.8 Å². The molecule has 1 aliphatic carbocycles. The minimum absolute atomic E-state index is 0.248. The van der Waals surface area contributed by atoms with Crippen LogP contribution in [-0.2, 0) is 40.1 Å². The fraction of sp³-hybridized carbons (Fsp3) is 0.526. The van der Waals surface area contributed by atoms with Gasteiger partial charge in [-0.3, -0.25) is 9.59 Å². The van der Waals surface area contributed by atoms with Crippen molar-refractivity contribution in [2.75, 3.05) is 11.9 Å². The highest BCUT2D eigenvalue weighted by molar-refractivity contribution is 7.17. The summed E-state index contributed by atoms with van der Waals surface area (Å²) in [7, 11) is 0. The predicted octanol–water partition coefficient (Wildman–Crippen LogP) is 1.77. The molecule has 0 bridgehead atoms. The molecule has 4 rings (SSSR count). The summed E-state index contributed by atoms with van der Waals surface area (Å²) >= 11 is 1.34. The Morgan fingerprint density at radius 3 is 2.79 bits per heavy atom. The van der Waals surface area contributed by atoms with Crippen molar-refractivity contribution < 1.29 is 19.1 Å². The summed E-state index contributed by atoms with van der Waals surface area (Å²) in [5.74, 6) is -0.520. The van der Waals surface area contributed by atoms with Crippen molar-refractivity contribution in [2.24, 2.45) is 0 Å². The van der Waals surface area contributed by atoms with Crippen molar-refractivity contribution in [2.45, 2.75) is 58.5 Å². The fourth-order valence-corrected chi connectivity index (χ4v) is 5.16. The van der Waals surface area contributed by atoms with E-state index in [2.05, 4.69) is 20.8 Å². The number of thiophene rings is 1. The number of amides is 2. The molecule has 1 atom stereocenters. The molecule has 2 N–H and O–H groups in total. The van der Waals surface area contributed by atoms with Crippen LogP contribution in [0.4, 0.5) is 5.00 Å². The maximum atomic E-state index is 12.5. The van der Waals surface area contributed by atoms with Crippen molar-refractivity contribution >= 4 is 34.1 Å². The van der Waals surface area contributed by atoms with E-state index in [1.165, 1.54) is 11.3 Å². The van der Waals surface area contributed by atoms with Crippen LogP contribution in [0.25, 0.3) is 0 Å². The van der Waals surface area contributed by atoms with Gasteiger partial charge in [0.1, 0.15) is 10.8 Å². The Hall–Kier alpha value is -2.75. The van der Waals surface area contributed by atoms with Crippen LogP contribution in [0.2, 0.25) is 0 Å². The minimum atomic E-state index is -0.816. The summed E-state index contributed by atoms with van der Waals surface area (Å²) in [6.07, 6.45) is 4.48. The molecule has 0 saturated carbocycles. The zero-order chi connectivity index (χ0) is 20.5. The van der Waals surface area contributed by atoms with E-state index in [0.29, 0.717) is 16.4 Å². The number of hydrogen-bond donors (Lipinski definition) is 2. The first-order chi connectivity index (χ1) is 14.0. The highest BCUT2D eigenvalue weighted by atomic mass is 32.1. The minimum Gasteiger partial charge on any atom is -0.462 e. The summed E-state index contributed by atoms with van der Waals surface area (Å²) in [6, 6.07) is -0.453. The lowest BCUT2D eigenvalue weighted by atomic mass is 10.1. The third-order valence-corrected chi connectivity index (χ3v) is 6.41. The van der Waals surface area contributed by atoms with Gasteiger partial charge in [-0.2, -0.15) is 0 Å². The second kappa shape index (κ2) is 7.94. The molecule has 0 radical (unpaired) electrons. The Balaban J connectivity index is 1.46. The van der Waals surface area contributed by atoms with E-state index in [0.717, 1.165) is 54.9 Å². The Bertz CT molecular complexity index is 980. The number of esters is 1. The third kappa shape index (κ3) is 3.64. The Labute approximate surface area is 171 Å². The summed E-state index contributed by atoms with van der Waals surface area (Å²) < 4.78 is 7.13. The lowest BCUT2D eigenvalue weighted by molar-refractivity contribution is -0.136. The Morgan fingerprint density at radius 2 is 2.00 bits per heavy atom. The van der Waals surface area contributed by atoms with E-state index >= 15 is 0 Å². The number of carbonyl (C=O) groups is 3. The van der Waals surface area contributed by atoms with Crippen LogP contribution in [0.3, 0.4) is 0 Å². The molecule has 9 nitrogen and oxygen atoms in total. The van der Waals surface area contributed by atoms with Crippen LogP contribution < -0.4 is 10.6 Å². The second-order valence-electron chi connectivity index (χ2n) is 7.16. The molecule has 2 aliphatic rings. The van der Waals surface area contributed by atoms with Crippen molar-refractivity contribution in [3.05, 3.63) is 27.7 Å². The highest BCUT2D eigenvalue weighted by Crippen LogP contribution is 2.39. The van der Waals surface area contributed by atoms with E-state index in [-0.39, 0.29) is 6.61 Å². The summed E-state index contributed by atoms with van der Waals surface area (Å²) in [5.41, 5.74) is 1.31. The van der Waals surface area contributed by atoms with Crippen LogP contribution in [-0.4, -0.2) is 39.2 Å². The number of anilines is 1. The van der Waals surface area contributed by atoms with Crippen LogP contribution in [0.15, 0.2) is 0 Å². The predicted molar refractivity (Wildman–Crippen MR) is 106 cm³/mol. The summed E-state index contributed by atoms with van der Waals surface area (Å²) in [4.78, 5) is 38.4. The fourth-order valence-electron chi connectivity index (χ4n) is 3.89. The van der Waals surface area contributed by atoms with Crippen molar-refractivity contribution in [1.82, 2.24) is 20.1 Å². The Kier molecular flexibility index (Phi) is 5.35. The van der Waals surface area contributed by atoms with Crippen LogP contribution in [0.5, 0.6) is 0 Å². The molecule has 0 fully saturated rings. The van der Waals surface area contributed by atoms with E-state index in [1.54, 1.807) is 13.8 Å². The molecule has 0 spiro atoms. The lowest BCUT2D eigenvalue weighted by Gasteiger charge is -2.14. The van der Waals surface area contributed by atoms with Crippen molar-refractivity contribution in [1.29, 1.82) is 0 Å². The number of aryl methyl sites for hydroxylation is 2. The zero-order valence-corrected chi connectivity index (χ0v) is 17.2. The van der Waals surface area contributed by atoms with Gasteiger partial charge in [0.05, 0.1) is 18.2 Å². The van der Waals surface area contributed by atoms with Gasteiger partial charge in [0.25, 0.3) is 0 Å². The molecule has 2 amide bonds. The molecule has 10 heteroatoms. The van der Waals surface area contributed by atoms with Crippen LogP contribution >= 0.6 is 11.3 Å². The van der Waals surface area contributed by atoms with Crippen LogP contribution in [0, 0.1) is 0 Å². The molecule has 2 aromatic rings. The molecule has 29 heavy (non-hydrogen) atoms. The molecular weight excluding hydrogens is 394 g/mol. The third-order valence-electron chi connectivity index (χ3n) is 5.21. The van der Waals surface area contributed by atoms with Gasteiger partial charge in [-0.05, 0) is 45.1 Å². The van der Waals surface area contributed by atoms with E-state index in [4.69, 9.17) is 4.74 Å². The van der Waals surface area contributed by atoms with Crippen LogP contribution in [0.1, 0.15) is 65.2 Å². The number of aromatic nitrogens is 3. The first-order valence-electron chi connectivity index (χ1n) is 9.85. The first-order valence-corrected chi connectivity index (χ1v) is 10.7. The summed E-state index contributed by atoms with van der Waals surface area (Å²) in [6.45, 7) is 4.56. The van der Waals surface area contributed by atoms with E-state index in [9.17, 15) is 14.4 Å². The smallest absolute Gasteiger partial charge is 0.341 e. The average molecular weight is 417 g/mol. The molecular formula is C19H23N5O4S. The van der Waals surface area contributed by atoms with Crippen molar-refractivity contribution in [3.63, 3.8) is 0 Å². The normalized spacial score (nSPS) is 15.5. The van der Waals surface area contributed by atoms with Gasteiger partial charge < -0.3 is 19.9 Å². The van der Waals surface area contributed by atoms with Gasteiger partial charge in [0.2, 0.25) is 0 Å². The number of rotatable bonds is 5. The van der Waals surface area contributed by atoms with E-state index in [1.807, 2.05) is 4.57 Å². The molecule has 1 aliphatic heterocycles. The molecule has 2 aromatic heterocycles. The number of ether oxygens (including phenoxy) is 1. The molecule has 0 unspecified atom stereocenters. The topological polar surface area (TPSA) is 115 Å². The number of nitrogens with one attached hydrogen (secondary N) is 2. The Morgan fingerprint density at radius 1 is 1.17 bits per heavy atom. The molecule has 3 heterocycles. The zero-order valence-electron chi connectivity index (χ0n) is 16.4. The standard InChI is InChI=1S/C19H23N5O4S/c1-3-28-19(27)14-11-6-4-7-12(11)29-18(14)21-17(26)16(25)20-10(2)15-23-22-13-8-5-9-24(13)15/h10H,3-9H2,1-2H3,(H,20,25)(H,21,26)/t10-/m0/s1. The maximum absolute atomic E-state index is 12.5. The SMILES string of the molecule is CCOC(=O)c1c(NC(=O)C(=O)N[C@@H](C)c2nnc3n2CCC3)sc2c1CCC2. The number of fused-ring (bicyclic) bond motifs is 2. The highest BCUT2D eigenvalue weighted by Gasteiger charge is 2.30. The lowest BCUT2D eigenvalue weighted by Crippen LogP contribution is -2.37. The second-order valence-corrected chi connectivity index (χ2v) is 8.27. The number of hydrogen-bond acceptors (Lipinski definition) is 7. The molecule has 154 valence electrons. The van der Waals surface area contributed by atoms with Gasteiger partial charge in [0.15, 0.2) is 5.82 Å². The monoisotopic (exact) mass is 417 g/mol. The summed E-state index contributed by atoms with van der Waals surface area (Å²) in [5, 5.41) is 13.9. The quantitative estimate of drug-likeness (QED) is 0.566. The van der Waals surface area contributed by atoms with Gasteiger partial charge in [-0.15, -0.1) is 21.5 Å². The van der Waals surface area contributed by atoms with E-state index < -0.39 is 23.8 Å². The number of nitrogens with zero attached hydrogens (tertiary/aromatic N) is 3. The van der Waals surface area contributed by atoms with Crippen molar-refractivity contribution in [3.8, 4) is 0 Å². The molecule has 0 saturated heterocycles. The maximum Gasteiger partial charge on any atom is 0.341 e. The first kappa shape index (κ1) is 19.6. The average Bonchev–Trinajstić information content (AvgIpc) is 3.42. The van der Waals surface area contributed by atoms with Gasteiger partial charge in [-0.1, -0.05) is 0 Å². The largest absolute Gasteiger partial charge is 0.462 e. The van der Waals surface area contributed by atoms with Gasteiger partial charge in [-0.25, -0.2) is 4.79 Å². The van der Waals surface area contributed by atoms with Gasteiger partial charge in [0, 0.05) is 17.8 Å². The number of carbonyl (C=O) groups excluding carboxylic acids is 3. The molecule has 0 aromatic carbocycles.